The minimum atomic E-state index is -0.980. The van der Waals surface area contributed by atoms with Gasteiger partial charge in [0, 0.05) is 17.8 Å². The van der Waals surface area contributed by atoms with Crippen LogP contribution in [0.5, 0.6) is 0 Å². The van der Waals surface area contributed by atoms with Gasteiger partial charge in [0.05, 0.1) is 6.04 Å². The van der Waals surface area contributed by atoms with Gasteiger partial charge in [0.15, 0.2) is 11.8 Å². The van der Waals surface area contributed by atoms with Crippen LogP contribution >= 0.6 is 0 Å². The Morgan fingerprint density at radius 3 is 2.69 bits per heavy atom. The molecule has 6 heteroatoms. The van der Waals surface area contributed by atoms with Gasteiger partial charge in [-0.25, -0.2) is 4.58 Å². The molecule has 1 aliphatic heterocycles. The molecule has 0 amide bonds. The standard InChI is InChI=1S/C10H17N4O2/c1-14(2)10(5-6-10)8-4-3-7(12-13-11)9(15)16-8/h7-9,15H,1,3-6H2,2H3/q+1/t7?,8-,9?/m0/s1. The number of hydrogen-bond donors (Lipinski definition) is 1. The summed E-state index contributed by atoms with van der Waals surface area (Å²) in [6.07, 6.45) is 2.60. The van der Waals surface area contributed by atoms with Crippen LogP contribution in [-0.4, -0.2) is 47.4 Å². The predicted molar refractivity (Wildman–Crippen MR) is 58.3 cm³/mol. The van der Waals surface area contributed by atoms with Crippen molar-refractivity contribution in [3.05, 3.63) is 10.4 Å². The molecule has 1 saturated heterocycles. The summed E-state index contributed by atoms with van der Waals surface area (Å²) in [5, 5.41) is 13.2. The zero-order valence-corrected chi connectivity index (χ0v) is 9.41. The maximum Gasteiger partial charge on any atom is 0.187 e. The van der Waals surface area contributed by atoms with E-state index in [1.54, 1.807) is 0 Å². The Hall–Kier alpha value is -1.10. The van der Waals surface area contributed by atoms with Crippen LogP contribution in [0, 0.1) is 0 Å². The highest BCUT2D eigenvalue weighted by Gasteiger charge is 2.60. The van der Waals surface area contributed by atoms with Gasteiger partial charge in [-0.2, -0.15) is 0 Å². The van der Waals surface area contributed by atoms with Crippen LogP contribution in [-0.2, 0) is 4.74 Å². The SMILES string of the molecule is C=[N+](C)C1([C@@H]2CCC(N=[N+]=[N-])C(O)O2)CC1. The molecule has 3 atom stereocenters. The molecule has 0 radical (unpaired) electrons. The second-order valence-electron chi connectivity index (χ2n) is 4.67. The number of ether oxygens (including phenoxy) is 1. The van der Waals surface area contributed by atoms with Gasteiger partial charge in [0.25, 0.3) is 0 Å². The fraction of sp³-hybridized carbons (Fsp3) is 0.900. The molecule has 16 heavy (non-hydrogen) atoms. The molecule has 2 rings (SSSR count). The number of hydrogen-bond acceptors (Lipinski definition) is 3. The van der Waals surface area contributed by atoms with E-state index in [0.29, 0.717) is 6.42 Å². The molecule has 1 saturated carbocycles. The predicted octanol–water partition coefficient (Wildman–Crippen LogP) is 1.04. The average Bonchev–Trinajstić information content (AvgIpc) is 3.02. The first-order chi connectivity index (χ1) is 7.60. The van der Waals surface area contributed by atoms with Crippen molar-refractivity contribution in [1.82, 2.24) is 0 Å². The molecule has 2 unspecified atom stereocenters. The van der Waals surface area contributed by atoms with Gasteiger partial charge in [-0.3, -0.25) is 0 Å². The summed E-state index contributed by atoms with van der Waals surface area (Å²) >= 11 is 0. The summed E-state index contributed by atoms with van der Waals surface area (Å²) in [4.78, 5) is 2.71. The third kappa shape index (κ3) is 1.80. The molecule has 6 nitrogen and oxygen atoms in total. The van der Waals surface area contributed by atoms with E-state index in [4.69, 9.17) is 10.3 Å². The summed E-state index contributed by atoms with van der Waals surface area (Å²) in [7, 11) is 1.93. The number of rotatable bonds is 3. The molecule has 1 N–H and O–H groups in total. The first kappa shape index (κ1) is 11.4. The van der Waals surface area contributed by atoms with Crippen LogP contribution in [0.15, 0.2) is 5.11 Å². The molecular formula is C10H17N4O2+. The highest BCUT2D eigenvalue weighted by Crippen LogP contribution is 2.46. The van der Waals surface area contributed by atoms with Gasteiger partial charge < -0.3 is 9.84 Å². The number of likely N-dealkylation sites (N-methyl/N-ethyl adjacent to an activating group) is 1. The molecule has 0 bridgehead atoms. The fourth-order valence-corrected chi connectivity index (χ4v) is 2.45. The van der Waals surface area contributed by atoms with Crippen LogP contribution in [0.1, 0.15) is 25.7 Å². The Morgan fingerprint density at radius 1 is 1.56 bits per heavy atom. The van der Waals surface area contributed by atoms with Crippen molar-refractivity contribution in [1.29, 1.82) is 0 Å². The lowest BCUT2D eigenvalue weighted by atomic mass is 9.97. The van der Waals surface area contributed by atoms with E-state index in [1.807, 2.05) is 11.6 Å². The summed E-state index contributed by atoms with van der Waals surface area (Å²) < 4.78 is 7.48. The summed E-state index contributed by atoms with van der Waals surface area (Å²) in [6.45, 7) is 3.92. The summed E-state index contributed by atoms with van der Waals surface area (Å²) in [6, 6.07) is -0.452. The van der Waals surface area contributed by atoms with Gasteiger partial charge >= 0.3 is 0 Å². The van der Waals surface area contributed by atoms with Crippen LogP contribution in [0.25, 0.3) is 10.4 Å². The normalized spacial score (nSPS) is 36.2. The molecule has 0 aromatic rings. The monoisotopic (exact) mass is 225 g/mol. The van der Waals surface area contributed by atoms with Gasteiger partial charge in [0.1, 0.15) is 19.9 Å². The number of azide groups is 1. The zero-order valence-electron chi connectivity index (χ0n) is 9.41. The van der Waals surface area contributed by atoms with Crippen molar-refractivity contribution in [2.45, 2.75) is 49.7 Å². The van der Waals surface area contributed by atoms with E-state index >= 15 is 0 Å². The molecule has 0 spiro atoms. The maximum absolute atomic E-state index is 9.72. The third-order valence-electron chi connectivity index (χ3n) is 3.68. The first-order valence-electron chi connectivity index (χ1n) is 5.52. The molecule has 88 valence electrons. The van der Waals surface area contributed by atoms with Crippen LogP contribution in [0.2, 0.25) is 0 Å². The second-order valence-corrected chi connectivity index (χ2v) is 4.67. The van der Waals surface area contributed by atoms with Gasteiger partial charge in [-0.1, -0.05) is 5.11 Å². The van der Waals surface area contributed by atoms with Crippen molar-refractivity contribution >= 4 is 6.72 Å². The molecule has 0 aromatic carbocycles. The molecule has 0 aromatic heterocycles. The van der Waals surface area contributed by atoms with Gasteiger partial charge in [0.2, 0.25) is 0 Å². The smallest absolute Gasteiger partial charge is 0.187 e. The Morgan fingerprint density at radius 2 is 2.25 bits per heavy atom. The summed E-state index contributed by atoms with van der Waals surface area (Å²) in [5.74, 6) is 0. The lowest BCUT2D eigenvalue weighted by Crippen LogP contribution is -2.47. The van der Waals surface area contributed by atoms with E-state index in [1.165, 1.54) is 0 Å². The largest absolute Gasteiger partial charge is 0.368 e. The van der Waals surface area contributed by atoms with E-state index < -0.39 is 12.3 Å². The van der Waals surface area contributed by atoms with Gasteiger partial charge in [-0.05, 0) is 18.4 Å². The van der Waals surface area contributed by atoms with E-state index in [-0.39, 0.29) is 11.6 Å². The maximum atomic E-state index is 9.72. The zero-order chi connectivity index (χ0) is 11.8. The lowest BCUT2D eigenvalue weighted by Gasteiger charge is -2.33. The van der Waals surface area contributed by atoms with Gasteiger partial charge in [-0.15, -0.1) is 0 Å². The molecule has 2 fully saturated rings. The summed E-state index contributed by atoms with van der Waals surface area (Å²) in [5.41, 5.74) is 8.32. The minimum absolute atomic E-state index is 0.00450. The molecule has 2 aliphatic rings. The van der Waals surface area contributed by atoms with Crippen molar-refractivity contribution in [2.75, 3.05) is 7.05 Å². The Bertz CT molecular complexity index is 347. The minimum Gasteiger partial charge on any atom is -0.368 e. The van der Waals surface area contributed by atoms with E-state index in [9.17, 15) is 5.11 Å². The first-order valence-corrected chi connectivity index (χ1v) is 5.52. The Kier molecular flexibility index (Phi) is 2.88. The van der Waals surface area contributed by atoms with E-state index in [0.717, 1.165) is 19.3 Å². The van der Waals surface area contributed by atoms with E-state index in [2.05, 4.69) is 16.7 Å². The molecule has 1 aliphatic carbocycles. The molecular weight excluding hydrogens is 208 g/mol. The van der Waals surface area contributed by atoms with Crippen molar-refractivity contribution < 1.29 is 14.4 Å². The topological polar surface area (TPSA) is 81.2 Å². The highest BCUT2D eigenvalue weighted by molar-refractivity contribution is 5.18. The lowest BCUT2D eigenvalue weighted by molar-refractivity contribution is -0.562. The second kappa shape index (κ2) is 4.05. The number of nitrogens with zero attached hydrogens (tertiary/aromatic N) is 4. The Balaban J connectivity index is 2.02. The van der Waals surface area contributed by atoms with Crippen LogP contribution in [0.3, 0.4) is 0 Å². The Labute approximate surface area is 94.2 Å². The van der Waals surface area contributed by atoms with Crippen molar-refractivity contribution in [3.8, 4) is 0 Å². The van der Waals surface area contributed by atoms with Crippen LogP contribution < -0.4 is 0 Å². The van der Waals surface area contributed by atoms with Crippen molar-refractivity contribution in [3.63, 3.8) is 0 Å². The quantitative estimate of drug-likeness (QED) is 0.256. The fourth-order valence-electron chi connectivity index (χ4n) is 2.45. The average molecular weight is 225 g/mol. The molecule has 1 heterocycles. The third-order valence-corrected chi connectivity index (χ3v) is 3.68. The van der Waals surface area contributed by atoms with Crippen molar-refractivity contribution in [2.24, 2.45) is 5.11 Å². The number of aliphatic hydroxyl groups excluding tert-OH is 1. The highest BCUT2D eigenvalue weighted by atomic mass is 16.6. The van der Waals surface area contributed by atoms with Crippen LogP contribution in [0.4, 0.5) is 0 Å². The number of aliphatic hydroxyl groups is 1.